The number of rotatable bonds is 3. The van der Waals surface area contributed by atoms with Crippen LogP contribution in [0.15, 0.2) is 12.4 Å². The van der Waals surface area contributed by atoms with Crippen LogP contribution in [0, 0.1) is 6.92 Å². The van der Waals surface area contributed by atoms with Gasteiger partial charge in [-0.25, -0.2) is 9.97 Å². The predicted molar refractivity (Wildman–Crippen MR) is 42.2 cm³/mol. The first-order valence-electron chi connectivity index (χ1n) is 3.71. The van der Waals surface area contributed by atoms with Crippen LogP contribution in [0.25, 0.3) is 0 Å². The fourth-order valence-corrected chi connectivity index (χ4v) is 0.786. The number of hydrogen-bond donors (Lipinski definition) is 1. The maximum atomic E-state index is 8.53. The van der Waals surface area contributed by atoms with Crippen LogP contribution in [0.1, 0.15) is 17.8 Å². The van der Waals surface area contributed by atoms with Crippen LogP contribution >= 0.6 is 0 Å². The molecule has 3 heteroatoms. The molecule has 1 rings (SSSR count). The maximum Gasteiger partial charge on any atom is 0.128 e. The summed E-state index contributed by atoms with van der Waals surface area (Å²) in [6.45, 7) is 2.16. The van der Waals surface area contributed by atoms with Gasteiger partial charge in [-0.05, 0) is 18.9 Å². The van der Waals surface area contributed by atoms with Crippen molar-refractivity contribution in [3.63, 3.8) is 0 Å². The molecule has 0 aliphatic rings. The van der Waals surface area contributed by atoms with E-state index in [2.05, 4.69) is 9.97 Å². The summed E-state index contributed by atoms with van der Waals surface area (Å²) in [4.78, 5) is 8.19. The molecule has 1 heterocycles. The molecule has 0 saturated heterocycles. The van der Waals surface area contributed by atoms with Crippen molar-refractivity contribution in [3.8, 4) is 0 Å². The Labute approximate surface area is 66.1 Å². The third kappa shape index (κ3) is 2.63. The van der Waals surface area contributed by atoms with E-state index in [4.69, 9.17) is 5.11 Å². The van der Waals surface area contributed by atoms with Crippen LogP contribution in [0.4, 0.5) is 0 Å². The third-order valence-corrected chi connectivity index (χ3v) is 1.39. The van der Waals surface area contributed by atoms with Gasteiger partial charge >= 0.3 is 0 Å². The summed E-state index contributed by atoms with van der Waals surface area (Å²) >= 11 is 0. The smallest absolute Gasteiger partial charge is 0.128 e. The summed E-state index contributed by atoms with van der Waals surface area (Å²) in [6, 6.07) is 0. The molecule has 1 N–H and O–H groups in total. The van der Waals surface area contributed by atoms with Gasteiger partial charge in [0.25, 0.3) is 0 Å². The molecule has 0 aromatic carbocycles. The average Bonchev–Trinajstić information content (AvgIpc) is 2.04. The van der Waals surface area contributed by atoms with Gasteiger partial charge in [-0.2, -0.15) is 0 Å². The highest BCUT2D eigenvalue weighted by Gasteiger charge is 1.93. The second kappa shape index (κ2) is 4.03. The minimum atomic E-state index is 0.206. The topological polar surface area (TPSA) is 46.0 Å². The SMILES string of the molecule is Cc1cnc(CCCO)nc1. The van der Waals surface area contributed by atoms with Gasteiger partial charge in [0, 0.05) is 25.4 Å². The summed E-state index contributed by atoms with van der Waals surface area (Å²) < 4.78 is 0. The maximum absolute atomic E-state index is 8.53. The number of aryl methyl sites for hydroxylation is 2. The summed E-state index contributed by atoms with van der Waals surface area (Å²) in [5.74, 6) is 0.810. The van der Waals surface area contributed by atoms with Crippen molar-refractivity contribution < 1.29 is 5.11 Å². The van der Waals surface area contributed by atoms with Crippen molar-refractivity contribution >= 4 is 0 Å². The van der Waals surface area contributed by atoms with E-state index in [1.54, 1.807) is 12.4 Å². The molecular weight excluding hydrogens is 140 g/mol. The molecule has 0 amide bonds. The number of hydrogen-bond acceptors (Lipinski definition) is 3. The molecule has 0 aliphatic heterocycles. The molecule has 11 heavy (non-hydrogen) atoms. The highest BCUT2D eigenvalue weighted by Crippen LogP contribution is 1.96. The molecule has 0 unspecified atom stereocenters. The zero-order chi connectivity index (χ0) is 8.10. The fourth-order valence-electron chi connectivity index (χ4n) is 0.786. The Morgan fingerprint density at radius 1 is 1.36 bits per heavy atom. The zero-order valence-electron chi connectivity index (χ0n) is 6.62. The summed E-state index contributed by atoms with van der Waals surface area (Å²) in [6.07, 6.45) is 5.08. The molecule has 0 atom stereocenters. The molecule has 60 valence electrons. The van der Waals surface area contributed by atoms with Crippen molar-refractivity contribution in [2.24, 2.45) is 0 Å². The second-order valence-corrected chi connectivity index (χ2v) is 2.50. The Morgan fingerprint density at radius 2 is 2.00 bits per heavy atom. The molecule has 1 aromatic rings. The lowest BCUT2D eigenvalue weighted by atomic mass is 10.3. The normalized spacial score (nSPS) is 10.0. The van der Waals surface area contributed by atoms with Crippen LogP contribution in [0.2, 0.25) is 0 Å². The Morgan fingerprint density at radius 3 is 2.55 bits per heavy atom. The van der Waals surface area contributed by atoms with E-state index >= 15 is 0 Å². The molecule has 0 fully saturated rings. The number of nitrogens with zero attached hydrogens (tertiary/aromatic N) is 2. The number of aromatic nitrogens is 2. The molecular formula is C8H12N2O. The molecule has 0 aliphatic carbocycles. The van der Waals surface area contributed by atoms with Crippen molar-refractivity contribution in [2.45, 2.75) is 19.8 Å². The summed E-state index contributed by atoms with van der Waals surface area (Å²) in [7, 11) is 0. The Balaban J connectivity index is 2.52. The largest absolute Gasteiger partial charge is 0.396 e. The van der Waals surface area contributed by atoms with E-state index in [1.807, 2.05) is 6.92 Å². The van der Waals surface area contributed by atoms with E-state index in [-0.39, 0.29) is 6.61 Å². The summed E-state index contributed by atoms with van der Waals surface area (Å²) in [5.41, 5.74) is 1.07. The third-order valence-electron chi connectivity index (χ3n) is 1.39. The second-order valence-electron chi connectivity index (χ2n) is 2.50. The van der Waals surface area contributed by atoms with Crippen molar-refractivity contribution in [3.05, 3.63) is 23.8 Å². The van der Waals surface area contributed by atoms with Crippen LogP contribution in [-0.4, -0.2) is 21.7 Å². The van der Waals surface area contributed by atoms with E-state index in [1.165, 1.54) is 0 Å². The van der Waals surface area contributed by atoms with Gasteiger partial charge in [-0.1, -0.05) is 0 Å². The molecule has 0 spiro atoms. The molecule has 1 aromatic heterocycles. The van der Waals surface area contributed by atoms with Crippen molar-refractivity contribution in [2.75, 3.05) is 6.61 Å². The first kappa shape index (κ1) is 8.14. The molecule has 0 saturated carbocycles. The van der Waals surface area contributed by atoms with Crippen LogP contribution < -0.4 is 0 Å². The van der Waals surface area contributed by atoms with Gasteiger partial charge in [0.2, 0.25) is 0 Å². The lowest BCUT2D eigenvalue weighted by molar-refractivity contribution is 0.287. The van der Waals surface area contributed by atoms with Gasteiger partial charge in [0.1, 0.15) is 5.82 Å². The highest BCUT2D eigenvalue weighted by atomic mass is 16.2. The van der Waals surface area contributed by atoms with Gasteiger partial charge in [-0.3, -0.25) is 0 Å². The van der Waals surface area contributed by atoms with Gasteiger partial charge in [0.15, 0.2) is 0 Å². The first-order valence-corrected chi connectivity index (χ1v) is 3.71. The van der Waals surface area contributed by atoms with Crippen LogP contribution in [0.3, 0.4) is 0 Å². The fraction of sp³-hybridized carbons (Fsp3) is 0.500. The van der Waals surface area contributed by atoms with E-state index in [9.17, 15) is 0 Å². The Hall–Kier alpha value is -0.960. The quantitative estimate of drug-likeness (QED) is 0.693. The van der Waals surface area contributed by atoms with Crippen molar-refractivity contribution in [1.82, 2.24) is 9.97 Å². The first-order chi connectivity index (χ1) is 5.33. The molecule has 3 nitrogen and oxygen atoms in total. The van der Waals surface area contributed by atoms with Gasteiger partial charge in [-0.15, -0.1) is 0 Å². The van der Waals surface area contributed by atoms with Crippen molar-refractivity contribution in [1.29, 1.82) is 0 Å². The lowest BCUT2D eigenvalue weighted by Crippen LogP contribution is -1.96. The Bertz CT molecular complexity index is 208. The lowest BCUT2D eigenvalue weighted by Gasteiger charge is -1.96. The summed E-state index contributed by atoms with van der Waals surface area (Å²) in [5, 5.41) is 8.53. The Kier molecular flexibility index (Phi) is 2.98. The van der Waals surface area contributed by atoms with E-state index in [0.717, 1.165) is 24.2 Å². The molecule has 0 bridgehead atoms. The average molecular weight is 152 g/mol. The standard InChI is InChI=1S/C8H12N2O/c1-7-5-9-8(10-6-7)3-2-4-11/h5-6,11H,2-4H2,1H3. The van der Waals surface area contributed by atoms with Crippen LogP contribution in [-0.2, 0) is 6.42 Å². The zero-order valence-corrected chi connectivity index (χ0v) is 6.62. The molecule has 0 radical (unpaired) electrons. The van der Waals surface area contributed by atoms with E-state index in [0.29, 0.717) is 0 Å². The minimum Gasteiger partial charge on any atom is -0.396 e. The van der Waals surface area contributed by atoms with E-state index < -0.39 is 0 Å². The minimum absolute atomic E-state index is 0.206. The number of aliphatic hydroxyl groups is 1. The number of aliphatic hydroxyl groups excluding tert-OH is 1. The van der Waals surface area contributed by atoms with Gasteiger partial charge in [0.05, 0.1) is 0 Å². The predicted octanol–water partition coefficient (Wildman–Crippen LogP) is 0.710. The highest BCUT2D eigenvalue weighted by molar-refractivity contribution is 5.01. The van der Waals surface area contributed by atoms with Gasteiger partial charge < -0.3 is 5.11 Å². The monoisotopic (exact) mass is 152 g/mol. The van der Waals surface area contributed by atoms with Crippen LogP contribution in [0.5, 0.6) is 0 Å².